The van der Waals surface area contributed by atoms with Gasteiger partial charge in [0.05, 0.1) is 22.7 Å². The molecule has 5 N–H and O–H groups in total. The molecule has 0 bridgehead atoms. The van der Waals surface area contributed by atoms with Crippen LogP contribution in [0.1, 0.15) is 71.2 Å². The van der Waals surface area contributed by atoms with Gasteiger partial charge < -0.3 is 20.8 Å². The van der Waals surface area contributed by atoms with E-state index in [4.69, 9.17) is 4.98 Å². The molecule has 4 atom stereocenters. The van der Waals surface area contributed by atoms with Crippen LogP contribution in [0.2, 0.25) is 0 Å². The highest BCUT2D eigenvalue weighted by molar-refractivity contribution is 5.89. The van der Waals surface area contributed by atoms with Gasteiger partial charge in [0.15, 0.2) is 0 Å². The maximum absolute atomic E-state index is 13.1. The van der Waals surface area contributed by atoms with Gasteiger partial charge in [-0.05, 0) is 64.7 Å². The van der Waals surface area contributed by atoms with Gasteiger partial charge >= 0.3 is 5.97 Å². The lowest BCUT2D eigenvalue weighted by Gasteiger charge is -2.35. The third-order valence-corrected chi connectivity index (χ3v) is 6.97. The number of hydrogen-bond donors (Lipinski definition) is 5. The zero-order valence-corrected chi connectivity index (χ0v) is 23.6. The second-order valence-corrected chi connectivity index (χ2v) is 10.7. The van der Waals surface area contributed by atoms with Gasteiger partial charge in [-0.2, -0.15) is 0 Å². The van der Waals surface area contributed by atoms with Crippen molar-refractivity contribution in [3.8, 4) is 0 Å². The summed E-state index contributed by atoms with van der Waals surface area (Å²) >= 11 is 0. The van der Waals surface area contributed by atoms with Gasteiger partial charge in [-0.1, -0.05) is 37.3 Å². The molecule has 0 aliphatic carbocycles. The van der Waals surface area contributed by atoms with Crippen molar-refractivity contribution >= 4 is 40.7 Å². The lowest BCUT2D eigenvalue weighted by atomic mass is 9.92. The Balaban J connectivity index is 1.65. The van der Waals surface area contributed by atoms with Gasteiger partial charge in [0, 0.05) is 11.9 Å². The van der Waals surface area contributed by atoms with E-state index in [1.54, 1.807) is 32.9 Å². The Labute approximate surface area is 234 Å². The predicted octanol–water partition coefficient (Wildman–Crippen LogP) is 2.31. The average molecular weight is 554 g/mol. The van der Waals surface area contributed by atoms with Crippen molar-refractivity contribution in [2.45, 2.75) is 78.1 Å². The molecule has 216 valence electrons. The summed E-state index contributed by atoms with van der Waals surface area (Å²) < 4.78 is 0. The average Bonchev–Trinajstić information content (AvgIpc) is 2.94. The second kappa shape index (κ2) is 13.0. The summed E-state index contributed by atoms with van der Waals surface area (Å²) in [5.74, 6) is -2.20. The van der Waals surface area contributed by atoms with Gasteiger partial charge in [0.25, 0.3) is 5.91 Å². The minimum Gasteiger partial charge on any atom is -0.481 e. The Bertz CT molecular complexity index is 1290. The molecule has 0 radical (unpaired) electrons. The first-order valence-corrected chi connectivity index (χ1v) is 13.5. The van der Waals surface area contributed by atoms with E-state index in [0.29, 0.717) is 30.6 Å². The molecule has 1 aromatic carbocycles. The maximum Gasteiger partial charge on any atom is 0.312 e. The smallest absolute Gasteiger partial charge is 0.312 e. The molecule has 1 aliphatic heterocycles. The van der Waals surface area contributed by atoms with Crippen molar-refractivity contribution in [2.24, 2.45) is 5.41 Å². The number of carboxylic acids is 1. The number of aliphatic carboxylic acids is 1. The molecule has 11 nitrogen and oxygen atoms in total. The van der Waals surface area contributed by atoms with Gasteiger partial charge in [-0.25, -0.2) is 5.43 Å². The maximum atomic E-state index is 13.1. The molecule has 2 aromatic rings. The summed E-state index contributed by atoms with van der Waals surface area (Å²) in [6.07, 6.45) is 3.59. The van der Waals surface area contributed by atoms with Crippen LogP contribution >= 0.6 is 0 Å². The van der Waals surface area contributed by atoms with Gasteiger partial charge in [-0.15, -0.1) is 0 Å². The number of hydrogen-bond acceptors (Lipinski definition) is 7. The number of rotatable bonds is 10. The monoisotopic (exact) mass is 553 g/mol. The van der Waals surface area contributed by atoms with Crippen LogP contribution < -0.4 is 16.1 Å². The molecule has 40 heavy (non-hydrogen) atoms. The predicted molar refractivity (Wildman–Crippen MR) is 151 cm³/mol. The van der Waals surface area contributed by atoms with Crippen molar-refractivity contribution in [3.63, 3.8) is 0 Å². The number of aromatic nitrogens is 1. The van der Waals surface area contributed by atoms with Crippen LogP contribution in [0, 0.1) is 5.41 Å². The van der Waals surface area contributed by atoms with Crippen LogP contribution in [0.5, 0.6) is 0 Å². The summed E-state index contributed by atoms with van der Waals surface area (Å²) in [7, 11) is 0. The number of amides is 3. The summed E-state index contributed by atoms with van der Waals surface area (Å²) in [5, 5.41) is 26.7. The fraction of sp³-hybridized carbons (Fsp3) is 0.483. The summed E-state index contributed by atoms with van der Waals surface area (Å²) in [5.41, 5.74) is 4.15. The van der Waals surface area contributed by atoms with Crippen molar-refractivity contribution < 1.29 is 29.4 Å². The van der Waals surface area contributed by atoms with Gasteiger partial charge in [0.2, 0.25) is 11.8 Å². The van der Waals surface area contributed by atoms with E-state index in [2.05, 4.69) is 16.1 Å². The number of carbonyl (C=O) groups is 4. The van der Waals surface area contributed by atoms with Crippen LogP contribution in [0.3, 0.4) is 0 Å². The third-order valence-electron chi connectivity index (χ3n) is 6.97. The Morgan fingerprint density at radius 3 is 2.55 bits per heavy atom. The standard InChI is InChI=1S/C29H39N5O6/c1-6-24(35)26(37)31-18(3)27(38)34-15-7-8-22(33-34)25(36)30-17(2)21-12-11-20-10-9-19(16-23(20)32-21)13-14-29(4,5)28(39)40/h9-14,16-18,22,24,33,35H,6-8,15H2,1-5H3,(H,30,36)(H,31,37)(H,39,40)/b14-13+/t17-,18?,22?,24?/m1/s1. The normalized spacial score (nSPS) is 18.2. The number of carboxylic acid groups (broad SMARTS) is 1. The number of carbonyl (C=O) groups excluding carboxylic acids is 3. The highest BCUT2D eigenvalue weighted by Gasteiger charge is 2.32. The fourth-order valence-electron chi connectivity index (χ4n) is 4.18. The zero-order chi connectivity index (χ0) is 29.6. The lowest BCUT2D eigenvalue weighted by Crippen LogP contribution is -2.61. The Morgan fingerprint density at radius 1 is 1.18 bits per heavy atom. The van der Waals surface area contributed by atoms with Crippen molar-refractivity contribution in [1.82, 2.24) is 26.1 Å². The summed E-state index contributed by atoms with van der Waals surface area (Å²) in [6, 6.07) is 7.51. The molecule has 0 spiro atoms. The van der Waals surface area contributed by atoms with Crippen molar-refractivity contribution in [1.29, 1.82) is 0 Å². The minimum atomic E-state index is -1.18. The van der Waals surface area contributed by atoms with Gasteiger partial charge in [0.1, 0.15) is 18.2 Å². The van der Waals surface area contributed by atoms with E-state index in [9.17, 15) is 29.4 Å². The molecule has 2 heterocycles. The molecule has 3 unspecified atom stereocenters. The molecule has 11 heteroatoms. The molecule has 1 aromatic heterocycles. The first-order valence-electron chi connectivity index (χ1n) is 13.5. The molecular formula is C29H39N5O6. The SMILES string of the molecule is CCC(O)C(=O)NC(C)C(=O)N1CCCC(C(=O)N[C@H](C)c2ccc3ccc(/C=C/C(C)(C)C(=O)O)cc3n2)N1. The topological polar surface area (TPSA) is 161 Å². The Hall–Kier alpha value is -3.83. The van der Waals surface area contributed by atoms with Crippen LogP contribution in [0.4, 0.5) is 0 Å². The molecule has 3 amide bonds. The minimum absolute atomic E-state index is 0.241. The zero-order valence-electron chi connectivity index (χ0n) is 23.6. The highest BCUT2D eigenvalue weighted by atomic mass is 16.4. The van der Waals surface area contributed by atoms with E-state index >= 15 is 0 Å². The lowest BCUT2D eigenvalue weighted by molar-refractivity contribution is -0.144. The highest BCUT2D eigenvalue weighted by Crippen LogP contribution is 2.22. The van der Waals surface area contributed by atoms with Crippen LogP contribution in [0.15, 0.2) is 36.4 Å². The number of benzene rings is 1. The van der Waals surface area contributed by atoms with E-state index in [1.807, 2.05) is 37.3 Å². The number of nitrogens with zero attached hydrogens (tertiary/aromatic N) is 2. The Morgan fingerprint density at radius 2 is 1.88 bits per heavy atom. The molecule has 1 aliphatic rings. The van der Waals surface area contributed by atoms with E-state index < -0.39 is 47.4 Å². The van der Waals surface area contributed by atoms with Crippen LogP contribution in [-0.4, -0.2) is 68.6 Å². The van der Waals surface area contributed by atoms with Crippen molar-refractivity contribution in [3.05, 3.63) is 47.7 Å². The molecule has 1 saturated heterocycles. The quantitative estimate of drug-likeness (QED) is 0.300. The molecule has 3 rings (SSSR count). The molecule has 1 fully saturated rings. The number of fused-ring (bicyclic) bond motifs is 1. The molecular weight excluding hydrogens is 514 g/mol. The number of pyridine rings is 1. The number of aliphatic hydroxyl groups excluding tert-OH is 1. The van der Waals surface area contributed by atoms with Crippen LogP contribution in [-0.2, 0) is 19.2 Å². The van der Waals surface area contributed by atoms with Gasteiger partial charge in [-0.3, -0.25) is 29.2 Å². The Kier molecular flexibility index (Phi) is 9.99. The fourth-order valence-corrected chi connectivity index (χ4v) is 4.18. The molecule has 0 saturated carbocycles. The van der Waals surface area contributed by atoms with E-state index in [0.717, 1.165) is 10.9 Å². The summed E-state index contributed by atoms with van der Waals surface area (Å²) in [6.45, 7) is 8.67. The number of nitrogens with one attached hydrogen (secondary N) is 3. The summed E-state index contributed by atoms with van der Waals surface area (Å²) in [4.78, 5) is 54.0. The number of aliphatic hydroxyl groups is 1. The van der Waals surface area contributed by atoms with Crippen LogP contribution in [0.25, 0.3) is 17.0 Å². The first kappa shape index (κ1) is 30.7. The largest absolute Gasteiger partial charge is 0.481 e. The second-order valence-electron chi connectivity index (χ2n) is 10.7. The third kappa shape index (κ3) is 7.64. The van der Waals surface area contributed by atoms with E-state index in [1.165, 1.54) is 11.9 Å². The van der Waals surface area contributed by atoms with E-state index in [-0.39, 0.29) is 12.3 Å². The number of hydrazine groups is 1. The first-order chi connectivity index (χ1) is 18.8. The van der Waals surface area contributed by atoms with Crippen molar-refractivity contribution in [2.75, 3.05) is 6.54 Å².